The van der Waals surface area contributed by atoms with Gasteiger partial charge in [-0.1, -0.05) is 12.8 Å². The fourth-order valence-corrected chi connectivity index (χ4v) is 2.28. The van der Waals surface area contributed by atoms with E-state index in [0.29, 0.717) is 12.8 Å². The highest BCUT2D eigenvalue weighted by atomic mass is 127. The molecule has 1 rings (SSSR count). The summed E-state index contributed by atoms with van der Waals surface area (Å²) in [7, 11) is 0. The second-order valence-electron chi connectivity index (χ2n) is 4.44. The lowest BCUT2D eigenvalue weighted by molar-refractivity contribution is -0.155. The van der Waals surface area contributed by atoms with Crippen LogP contribution in [0.1, 0.15) is 32.6 Å². The number of halogens is 1. The molecule has 112 valence electrons. The molecule has 2 N–H and O–H groups in total. The standard InChI is InChI=1S/C12H17IN2O5/c1-2-20-12(19)11(18)15-8-6-4-3-5-7(8)14-10(17)9(13)16/h7-8H,2-6H2,1H3,(H,14,17)(H,15,18). The molecule has 7 nitrogen and oxygen atoms in total. The Labute approximate surface area is 130 Å². The normalized spacial score (nSPS) is 21.7. The van der Waals surface area contributed by atoms with Crippen LogP contribution in [0.4, 0.5) is 0 Å². The van der Waals surface area contributed by atoms with Crippen LogP contribution in [0.2, 0.25) is 0 Å². The van der Waals surface area contributed by atoms with Crippen molar-refractivity contribution in [1.82, 2.24) is 10.6 Å². The Bertz CT molecular complexity index is 413. The maximum Gasteiger partial charge on any atom is 0.396 e. The number of hydrogen-bond donors (Lipinski definition) is 2. The first-order valence-electron chi connectivity index (χ1n) is 6.43. The lowest BCUT2D eigenvalue weighted by Gasteiger charge is -2.32. The van der Waals surface area contributed by atoms with Gasteiger partial charge >= 0.3 is 11.9 Å². The van der Waals surface area contributed by atoms with Crippen molar-refractivity contribution in [2.75, 3.05) is 6.61 Å². The summed E-state index contributed by atoms with van der Waals surface area (Å²) in [5.74, 6) is -2.44. The van der Waals surface area contributed by atoms with Gasteiger partial charge in [0.05, 0.1) is 6.61 Å². The van der Waals surface area contributed by atoms with Crippen molar-refractivity contribution in [3.8, 4) is 0 Å². The van der Waals surface area contributed by atoms with E-state index in [1.54, 1.807) is 6.92 Å². The number of rotatable bonds is 4. The molecule has 1 aliphatic rings. The third kappa shape index (κ3) is 5.06. The van der Waals surface area contributed by atoms with Crippen molar-refractivity contribution < 1.29 is 23.9 Å². The van der Waals surface area contributed by atoms with Crippen molar-refractivity contribution in [3.05, 3.63) is 0 Å². The minimum absolute atomic E-state index is 0.125. The number of esters is 1. The van der Waals surface area contributed by atoms with E-state index >= 15 is 0 Å². The summed E-state index contributed by atoms with van der Waals surface area (Å²) < 4.78 is 4.00. The Morgan fingerprint density at radius 2 is 1.55 bits per heavy atom. The summed E-state index contributed by atoms with van der Waals surface area (Å²) in [5.41, 5.74) is 0. The number of carbonyl (C=O) groups excluding carboxylic acids is 4. The van der Waals surface area contributed by atoms with Gasteiger partial charge in [0.25, 0.3) is 9.70 Å². The van der Waals surface area contributed by atoms with Gasteiger partial charge in [0.15, 0.2) is 0 Å². The van der Waals surface area contributed by atoms with E-state index in [9.17, 15) is 19.2 Å². The van der Waals surface area contributed by atoms with E-state index in [1.165, 1.54) is 22.6 Å². The molecule has 1 fully saturated rings. The molecule has 0 radical (unpaired) electrons. The number of hydrogen-bond acceptors (Lipinski definition) is 5. The lowest BCUT2D eigenvalue weighted by Crippen LogP contribution is -2.55. The van der Waals surface area contributed by atoms with Crippen LogP contribution in [0.3, 0.4) is 0 Å². The molecule has 0 spiro atoms. The maximum atomic E-state index is 11.6. The number of amides is 2. The first-order chi connectivity index (χ1) is 9.45. The predicted octanol–water partition coefficient (Wildman–Crippen LogP) is 0.0547. The van der Waals surface area contributed by atoms with Crippen molar-refractivity contribution in [2.24, 2.45) is 0 Å². The van der Waals surface area contributed by atoms with Crippen LogP contribution in [-0.4, -0.2) is 40.3 Å². The summed E-state index contributed by atoms with van der Waals surface area (Å²) in [6, 6.07) is -0.700. The fraction of sp³-hybridized carbons (Fsp3) is 0.667. The quantitative estimate of drug-likeness (QED) is 0.303. The SMILES string of the molecule is CCOC(=O)C(=O)NC1CCCCC1NC(=O)C(=O)I. The van der Waals surface area contributed by atoms with Gasteiger partial charge in [-0.15, -0.1) is 0 Å². The molecule has 0 aromatic rings. The molecule has 20 heavy (non-hydrogen) atoms. The van der Waals surface area contributed by atoms with Gasteiger partial charge in [0.2, 0.25) is 0 Å². The van der Waals surface area contributed by atoms with Gasteiger partial charge in [0, 0.05) is 34.7 Å². The molecule has 2 atom stereocenters. The molecule has 0 heterocycles. The number of carbonyl (C=O) groups is 4. The Morgan fingerprint density at radius 3 is 2.00 bits per heavy atom. The van der Waals surface area contributed by atoms with Crippen LogP contribution < -0.4 is 10.6 Å². The Hall–Kier alpha value is -1.19. The molecular formula is C12H17IN2O5. The maximum absolute atomic E-state index is 11.6. The van der Waals surface area contributed by atoms with Crippen LogP contribution >= 0.6 is 22.6 Å². The van der Waals surface area contributed by atoms with E-state index in [-0.39, 0.29) is 18.7 Å². The minimum atomic E-state index is -0.937. The van der Waals surface area contributed by atoms with Gasteiger partial charge in [-0.2, -0.15) is 0 Å². The molecule has 0 aliphatic heterocycles. The highest BCUT2D eigenvalue weighted by Gasteiger charge is 2.30. The van der Waals surface area contributed by atoms with Gasteiger partial charge in [-0.25, -0.2) is 4.79 Å². The molecule has 0 saturated heterocycles. The minimum Gasteiger partial charge on any atom is -0.459 e. The van der Waals surface area contributed by atoms with Gasteiger partial charge in [0.1, 0.15) is 0 Å². The summed E-state index contributed by atoms with van der Waals surface area (Å²) in [5, 5.41) is 5.14. The van der Waals surface area contributed by atoms with Crippen LogP contribution in [0, 0.1) is 0 Å². The zero-order valence-corrected chi connectivity index (χ0v) is 13.3. The molecular weight excluding hydrogens is 379 g/mol. The van der Waals surface area contributed by atoms with Gasteiger partial charge in [-0.3, -0.25) is 14.4 Å². The van der Waals surface area contributed by atoms with E-state index in [4.69, 9.17) is 0 Å². The largest absolute Gasteiger partial charge is 0.459 e. The first kappa shape index (κ1) is 16.9. The highest BCUT2D eigenvalue weighted by molar-refractivity contribution is 14.1. The molecule has 2 unspecified atom stereocenters. The lowest BCUT2D eigenvalue weighted by atomic mass is 9.90. The molecule has 0 aromatic carbocycles. The van der Waals surface area contributed by atoms with Crippen molar-refractivity contribution in [3.63, 3.8) is 0 Å². The highest BCUT2D eigenvalue weighted by Crippen LogP contribution is 2.18. The van der Waals surface area contributed by atoms with Gasteiger partial charge < -0.3 is 15.4 Å². The average Bonchev–Trinajstić information content (AvgIpc) is 2.40. The van der Waals surface area contributed by atoms with Crippen LogP contribution in [0.5, 0.6) is 0 Å². The second kappa shape index (κ2) is 8.18. The van der Waals surface area contributed by atoms with Crippen molar-refractivity contribution in [1.29, 1.82) is 0 Å². The monoisotopic (exact) mass is 396 g/mol. The molecule has 0 bridgehead atoms. The summed E-state index contributed by atoms with van der Waals surface area (Å²) >= 11 is 1.41. The zero-order valence-electron chi connectivity index (χ0n) is 11.1. The second-order valence-corrected chi connectivity index (χ2v) is 5.42. The molecule has 0 aromatic heterocycles. The molecule has 1 saturated carbocycles. The Balaban J connectivity index is 2.60. The Morgan fingerprint density at radius 1 is 1.05 bits per heavy atom. The van der Waals surface area contributed by atoms with E-state index in [1.807, 2.05) is 0 Å². The average molecular weight is 396 g/mol. The zero-order chi connectivity index (χ0) is 15.1. The van der Waals surface area contributed by atoms with Gasteiger partial charge in [-0.05, 0) is 19.8 Å². The third-order valence-corrected chi connectivity index (χ3v) is 3.53. The summed E-state index contributed by atoms with van der Waals surface area (Å²) in [6.07, 6.45) is 3.08. The fourth-order valence-electron chi connectivity index (χ4n) is 2.13. The molecule has 2 amide bonds. The van der Waals surface area contributed by atoms with E-state index in [0.717, 1.165) is 12.8 Å². The number of nitrogens with one attached hydrogen (secondary N) is 2. The molecule has 1 aliphatic carbocycles. The van der Waals surface area contributed by atoms with Crippen molar-refractivity contribution in [2.45, 2.75) is 44.7 Å². The smallest absolute Gasteiger partial charge is 0.396 e. The van der Waals surface area contributed by atoms with Crippen LogP contribution in [-0.2, 0) is 23.9 Å². The van der Waals surface area contributed by atoms with Crippen LogP contribution in [0.25, 0.3) is 0 Å². The molecule has 8 heteroatoms. The number of ether oxygens (including phenoxy) is 1. The Kier molecular flexibility index (Phi) is 6.89. The third-order valence-electron chi connectivity index (χ3n) is 3.04. The van der Waals surface area contributed by atoms with E-state index < -0.39 is 21.6 Å². The van der Waals surface area contributed by atoms with Crippen LogP contribution in [0.15, 0.2) is 0 Å². The first-order valence-corrected chi connectivity index (χ1v) is 7.51. The predicted molar refractivity (Wildman–Crippen MR) is 78.0 cm³/mol. The van der Waals surface area contributed by atoms with E-state index in [2.05, 4.69) is 15.4 Å². The van der Waals surface area contributed by atoms with Crippen molar-refractivity contribution >= 4 is 44.2 Å². The topological polar surface area (TPSA) is 102 Å². The summed E-state index contributed by atoms with van der Waals surface area (Å²) in [4.78, 5) is 45.2. The summed E-state index contributed by atoms with van der Waals surface area (Å²) in [6.45, 7) is 1.74.